The van der Waals surface area contributed by atoms with Crippen molar-refractivity contribution in [1.82, 2.24) is 10.2 Å². The lowest BCUT2D eigenvalue weighted by Crippen LogP contribution is -2.51. The molecule has 0 bridgehead atoms. The van der Waals surface area contributed by atoms with Crippen LogP contribution in [0.4, 0.5) is 0 Å². The van der Waals surface area contributed by atoms with E-state index in [2.05, 4.69) is 24.1 Å². The molecule has 0 spiro atoms. The van der Waals surface area contributed by atoms with E-state index in [0.717, 1.165) is 32.8 Å². The molecule has 0 saturated carbocycles. The number of rotatable bonds is 9. The van der Waals surface area contributed by atoms with Gasteiger partial charge in [-0.15, -0.1) is 0 Å². The minimum absolute atomic E-state index is 0.411. The summed E-state index contributed by atoms with van der Waals surface area (Å²) in [5, 5.41) is 3.50. The first-order valence-electron chi connectivity index (χ1n) is 7.37. The topological polar surface area (TPSA) is 33.7 Å². The van der Waals surface area contributed by atoms with Gasteiger partial charge in [0.1, 0.15) is 0 Å². The molecule has 108 valence electrons. The lowest BCUT2D eigenvalue weighted by atomic mass is 10.1. The molecule has 1 aliphatic rings. The van der Waals surface area contributed by atoms with Gasteiger partial charge >= 0.3 is 0 Å². The number of methoxy groups -OCH3 is 1. The summed E-state index contributed by atoms with van der Waals surface area (Å²) < 4.78 is 11.1. The molecule has 0 aromatic heterocycles. The Morgan fingerprint density at radius 3 is 2.89 bits per heavy atom. The van der Waals surface area contributed by atoms with E-state index in [0.29, 0.717) is 12.1 Å². The van der Waals surface area contributed by atoms with Crippen molar-refractivity contribution >= 4 is 0 Å². The molecule has 0 aliphatic carbocycles. The zero-order valence-electron chi connectivity index (χ0n) is 12.3. The zero-order valence-corrected chi connectivity index (χ0v) is 12.3. The molecule has 1 rings (SSSR count). The maximum absolute atomic E-state index is 5.76. The number of nitrogens with zero attached hydrogens (tertiary/aromatic N) is 1. The van der Waals surface area contributed by atoms with Gasteiger partial charge < -0.3 is 14.8 Å². The lowest BCUT2D eigenvalue weighted by Gasteiger charge is -2.38. The summed E-state index contributed by atoms with van der Waals surface area (Å²) in [6, 6.07) is 0.477. The molecule has 1 N–H and O–H groups in total. The fourth-order valence-electron chi connectivity index (χ4n) is 2.60. The normalized spacial score (nSPS) is 23.2. The van der Waals surface area contributed by atoms with Crippen molar-refractivity contribution in [3.05, 3.63) is 0 Å². The Hall–Kier alpha value is -0.160. The number of hydrogen-bond donors (Lipinski definition) is 1. The van der Waals surface area contributed by atoms with Gasteiger partial charge in [0, 0.05) is 32.8 Å². The van der Waals surface area contributed by atoms with Gasteiger partial charge in [0.15, 0.2) is 0 Å². The number of hydrogen-bond acceptors (Lipinski definition) is 4. The third-order valence-corrected chi connectivity index (χ3v) is 3.49. The second-order valence-corrected chi connectivity index (χ2v) is 5.03. The predicted octanol–water partition coefficient (Wildman–Crippen LogP) is 1.50. The van der Waals surface area contributed by atoms with Crippen LogP contribution < -0.4 is 5.32 Å². The van der Waals surface area contributed by atoms with E-state index in [4.69, 9.17) is 9.47 Å². The molecule has 0 aromatic rings. The number of ether oxygens (including phenoxy) is 2. The molecule has 18 heavy (non-hydrogen) atoms. The average Bonchev–Trinajstić information content (AvgIpc) is 2.39. The third-order valence-electron chi connectivity index (χ3n) is 3.49. The SMILES string of the molecule is CCCNCC(COC)N1CCCC(OCC)C1. The first-order chi connectivity index (χ1) is 8.81. The van der Waals surface area contributed by atoms with E-state index in [1.165, 1.54) is 25.8 Å². The molecule has 2 unspecified atom stereocenters. The Kier molecular flexibility index (Phi) is 8.59. The van der Waals surface area contributed by atoms with Gasteiger partial charge in [-0.1, -0.05) is 6.92 Å². The van der Waals surface area contributed by atoms with Crippen molar-refractivity contribution in [1.29, 1.82) is 0 Å². The van der Waals surface area contributed by atoms with Crippen molar-refractivity contribution in [3.8, 4) is 0 Å². The summed E-state index contributed by atoms with van der Waals surface area (Å²) in [5.41, 5.74) is 0. The van der Waals surface area contributed by atoms with E-state index >= 15 is 0 Å². The minimum Gasteiger partial charge on any atom is -0.383 e. The summed E-state index contributed by atoms with van der Waals surface area (Å²) in [5.74, 6) is 0. The van der Waals surface area contributed by atoms with Crippen molar-refractivity contribution in [2.24, 2.45) is 0 Å². The van der Waals surface area contributed by atoms with Gasteiger partial charge in [-0.25, -0.2) is 0 Å². The van der Waals surface area contributed by atoms with Crippen LogP contribution in [0.15, 0.2) is 0 Å². The number of nitrogens with one attached hydrogen (secondary N) is 1. The van der Waals surface area contributed by atoms with Crippen LogP contribution in [-0.2, 0) is 9.47 Å². The second kappa shape index (κ2) is 9.73. The highest BCUT2D eigenvalue weighted by atomic mass is 16.5. The monoisotopic (exact) mass is 258 g/mol. The third kappa shape index (κ3) is 5.65. The molecular weight excluding hydrogens is 228 g/mol. The highest BCUT2D eigenvalue weighted by Gasteiger charge is 2.25. The van der Waals surface area contributed by atoms with Crippen molar-refractivity contribution < 1.29 is 9.47 Å². The number of piperidine rings is 1. The van der Waals surface area contributed by atoms with Gasteiger partial charge in [-0.3, -0.25) is 4.90 Å². The second-order valence-electron chi connectivity index (χ2n) is 5.03. The molecule has 4 nitrogen and oxygen atoms in total. The van der Waals surface area contributed by atoms with Crippen molar-refractivity contribution in [3.63, 3.8) is 0 Å². The summed E-state index contributed by atoms with van der Waals surface area (Å²) in [6.45, 7) is 10.2. The molecule has 0 aromatic carbocycles. The van der Waals surface area contributed by atoms with E-state index in [1.54, 1.807) is 7.11 Å². The van der Waals surface area contributed by atoms with Crippen LogP contribution >= 0.6 is 0 Å². The Labute approximate surface area is 112 Å². The Bertz CT molecular complexity index is 198. The maximum atomic E-state index is 5.76. The Morgan fingerprint density at radius 1 is 1.39 bits per heavy atom. The smallest absolute Gasteiger partial charge is 0.0702 e. The Balaban J connectivity index is 2.39. The Morgan fingerprint density at radius 2 is 2.22 bits per heavy atom. The molecular formula is C14H30N2O2. The molecule has 1 fully saturated rings. The fourth-order valence-corrected chi connectivity index (χ4v) is 2.60. The molecule has 2 atom stereocenters. The molecule has 0 amide bonds. The lowest BCUT2D eigenvalue weighted by molar-refractivity contribution is -0.0191. The van der Waals surface area contributed by atoms with Gasteiger partial charge in [-0.05, 0) is 39.3 Å². The summed E-state index contributed by atoms with van der Waals surface area (Å²) in [7, 11) is 1.79. The quantitative estimate of drug-likeness (QED) is 0.636. The molecule has 1 heterocycles. The summed E-state index contributed by atoms with van der Waals surface area (Å²) >= 11 is 0. The van der Waals surface area contributed by atoms with Gasteiger partial charge in [-0.2, -0.15) is 0 Å². The first-order valence-corrected chi connectivity index (χ1v) is 7.37. The minimum atomic E-state index is 0.411. The van der Waals surface area contributed by atoms with E-state index in [1.807, 2.05) is 0 Å². The number of likely N-dealkylation sites (tertiary alicyclic amines) is 1. The van der Waals surface area contributed by atoms with E-state index in [-0.39, 0.29) is 0 Å². The molecule has 4 heteroatoms. The zero-order chi connectivity index (χ0) is 13.2. The fraction of sp³-hybridized carbons (Fsp3) is 1.00. The van der Waals surface area contributed by atoms with Crippen LogP contribution in [-0.4, -0.2) is 63.5 Å². The van der Waals surface area contributed by atoms with Crippen LogP contribution in [0.2, 0.25) is 0 Å². The van der Waals surface area contributed by atoms with E-state index < -0.39 is 0 Å². The first kappa shape index (κ1) is 15.9. The van der Waals surface area contributed by atoms with Gasteiger partial charge in [0.2, 0.25) is 0 Å². The van der Waals surface area contributed by atoms with Gasteiger partial charge in [0.05, 0.1) is 12.7 Å². The average molecular weight is 258 g/mol. The van der Waals surface area contributed by atoms with Crippen LogP contribution in [0, 0.1) is 0 Å². The summed E-state index contributed by atoms with van der Waals surface area (Å²) in [6.07, 6.45) is 4.03. The maximum Gasteiger partial charge on any atom is 0.0702 e. The predicted molar refractivity (Wildman–Crippen MR) is 75.0 cm³/mol. The van der Waals surface area contributed by atoms with Crippen LogP contribution in [0.3, 0.4) is 0 Å². The highest BCUT2D eigenvalue weighted by Crippen LogP contribution is 2.15. The van der Waals surface area contributed by atoms with E-state index in [9.17, 15) is 0 Å². The highest BCUT2D eigenvalue weighted by molar-refractivity contribution is 4.81. The molecule has 1 saturated heterocycles. The summed E-state index contributed by atoms with van der Waals surface area (Å²) in [4.78, 5) is 2.52. The van der Waals surface area contributed by atoms with Gasteiger partial charge in [0.25, 0.3) is 0 Å². The largest absolute Gasteiger partial charge is 0.383 e. The van der Waals surface area contributed by atoms with Crippen LogP contribution in [0.25, 0.3) is 0 Å². The van der Waals surface area contributed by atoms with Crippen molar-refractivity contribution in [2.45, 2.75) is 45.3 Å². The molecule has 1 aliphatic heterocycles. The van der Waals surface area contributed by atoms with Crippen LogP contribution in [0.5, 0.6) is 0 Å². The standard InChI is InChI=1S/C14H30N2O2/c1-4-8-15-10-13(12-17-3)16-9-6-7-14(11-16)18-5-2/h13-15H,4-12H2,1-3H3. The van der Waals surface area contributed by atoms with Crippen molar-refractivity contribution in [2.75, 3.05) is 46.5 Å². The molecule has 0 radical (unpaired) electrons. The van der Waals surface area contributed by atoms with Crippen LogP contribution in [0.1, 0.15) is 33.1 Å².